The SMILES string of the molecule is CCNC1CCCc2cc(NC(=O)OC(C)(C)C)ccc21. The number of rotatable bonds is 3. The van der Waals surface area contributed by atoms with Gasteiger partial charge < -0.3 is 10.1 Å². The largest absolute Gasteiger partial charge is 0.444 e. The van der Waals surface area contributed by atoms with Crippen molar-refractivity contribution in [2.24, 2.45) is 0 Å². The molecule has 1 aromatic rings. The Kier molecular flexibility index (Phi) is 4.88. The molecule has 0 heterocycles. The predicted octanol–water partition coefficient (Wildman–Crippen LogP) is 4.02. The van der Waals surface area contributed by atoms with Gasteiger partial charge in [0.1, 0.15) is 5.60 Å². The van der Waals surface area contributed by atoms with Crippen molar-refractivity contribution in [2.75, 3.05) is 11.9 Å². The van der Waals surface area contributed by atoms with E-state index in [1.54, 1.807) is 0 Å². The molecule has 1 aromatic carbocycles. The molecule has 2 N–H and O–H groups in total. The van der Waals surface area contributed by atoms with Crippen LogP contribution in [0.1, 0.15) is 57.7 Å². The van der Waals surface area contributed by atoms with Crippen LogP contribution in [-0.2, 0) is 11.2 Å². The molecule has 1 aliphatic carbocycles. The van der Waals surface area contributed by atoms with Crippen molar-refractivity contribution < 1.29 is 9.53 Å². The summed E-state index contributed by atoms with van der Waals surface area (Å²) in [7, 11) is 0. The van der Waals surface area contributed by atoms with Crippen LogP contribution in [-0.4, -0.2) is 18.2 Å². The molecule has 1 atom stereocenters. The topological polar surface area (TPSA) is 50.4 Å². The predicted molar refractivity (Wildman–Crippen MR) is 85.7 cm³/mol. The molecular formula is C17H26N2O2. The summed E-state index contributed by atoms with van der Waals surface area (Å²) in [5.74, 6) is 0. The zero-order chi connectivity index (χ0) is 15.5. The van der Waals surface area contributed by atoms with E-state index < -0.39 is 11.7 Å². The van der Waals surface area contributed by atoms with Gasteiger partial charge in [-0.2, -0.15) is 0 Å². The number of aryl methyl sites for hydroxylation is 1. The molecule has 4 heteroatoms. The normalized spacial score (nSPS) is 18.0. The van der Waals surface area contributed by atoms with Gasteiger partial charge >= 0.3 is 6.09 Å². The zero-order valence-corrected chi connectivity index (χ0v) is 13.5. The van der Waals surface area contributed by atoms with Gasteiger partial charge in [0.15, 0.2) is 0 Å². The van der Waals surface area contributed by atoms with E-state index in [-0.39, 0.29) is 0 Å². The van der Waals surface area contributed by atoms with Crippen molar-refractivity contribution in [3.05, 3.63) is 29.3 Å². The minimum atomic E-state index is -0.478. The summed E-state index contributed by atoms with van der Waals surface area (Å²) in [5.41, 5.74) is 3.01. The summed E-state index contributed by atoms with van der Waals surface area (Å²) in [5, 5.41) is 6.33. The number of fused-ring (bicyclic) bond motifs is 1. The van der Waals surface area contributed by atoms with Gasteiger partial charge in [-0.25, -0.2) is 4.79 Å². The fourth-order valence-corrected chi connectivity index (χ4v) is 2.77. The maximum Gasteiger partial charge on any atom is 0.412 e. The molecule has 1 amide bonds. The van der Waals surface area contributed by atoms with E-state index in [1.807, 2.05) is 26.8 Å². The van der Waals surface area contributed by atoms with Crippen molar-refractivity contribution in [1.82, 2.24) is 5.32 Å². The molecule has 4 nitrogen and oxygen atoms in total. The minimum Gasteiger partial charge on any atom is -0.444 e. The molecule has 0 bridgehead atoms. The van der Waals surface area contributed by atoms with Crippen LogP contribution >= 0.6 is 0 Å². The summed E-state index contributed by atoms with van der Waals surface area (Å²) in [4.78, 5) is 11.8. The number of amides is 1. The maximum absolute atomic E-state index is 11.8. The number of nitrogens with one attached hydrogen (secondary N) is 2. The fourth-order valence-electron chi connectivity index (χ4n) is 2.77. The van der Waals surface area contributed by atoms with Crippen LogP contribution < -0.4 is 10.6 Å². The van der Waals surface area contributed by atoms with Crippen LogP contribution in [0.2, 0.25) is 0 Å². The van der Waals surface area contributed by atoms with Gasteiger partial charge in [0.25, 0.3) is 0 Å². The Balaban J connectivity index is 2.09. The first-order valence-electron chi connectivity index (χ1n) is 7.75. The molecule has 0 aliphatic heterocycles. The Labute approximate surface area is 127 Å². The van der Waals surface area contributed by atoms with Crippen LogP contribution in [0, 0.1) is 0 Å². The van der Waals surface area contributed by atoms with Gasteiger partial charge in [-0.15, -0.1) is 0 Å². The minimum absolute atomic E-state index is 0.401. The maximum atomic E-state index is 11.8. The molecule has 1 unspecified atom stereocenters. The van der Waals surface area contributed by atoms with Gasteiger partial charge in [0, 0.05) is 11.7 Å². The second-order valence-corrected chi connectivity index (χ2v) is 6.54. The standard InChI is InChI=1S/C17H26N2O2/c1-5-18-15-8-6-7-12-11-13(9-10-14(12)15)19-16(20)21-17(2,3)4/h9-11,15,18H,5-8H2,1-4H3,(H,19,20). The van der Waals surface area contributed by atoms with E-state index in [0.29, 0.717) is 6.04 Å². The number of hydrogen-bond donors (Lipinski definition) is 2. The van der Waals surface area contributed by atoms with E-state index in [0.717, 1.165) is 18.7 Å². The number of ether oxygens (including phenoxy) is 1. The van der Waals surface area contributed by atoms with Crippen molar-refractivity contribution in [3.63, 3.8) is 0 Å². The first kappa shape index (κ1) is 15.8. The highest BCUT2D eigenvalue weighted by Crippen LogP contribution is 2.31. The lowest BCUT2D eigenvalue weighted by molar-refractivity contribution is 0.0636. The number of carbonyl (C=O) groups is 1. The van der Waals surface area contributed by atoms with E-state index in [4.69, 9.17) is 4.74 Å². The van der Waals surface area contributed by atoms with Gasteiger partial charge in [0.05, 0.1) is 0 Å². The van der Waals surface area contributed by atoms with E-state index in [2.05, 4.69) is 29.7 Å². The highest BCUT2D eigenvalue weighted by Gasteiger charge is 2.20. The van der Waals surface area contributed by atoms with Crippen molar-refractivity contribution >= 4 is 11.8 Å². The summed E-state index contributed by atoms with van der Waals surface area (Å²) in [6.45, 7) is 8.69. The number of anilines is 1. The third-order valence-electron chi connectivity index (χ3n) is 3.55. The van der Waals surface area contributed by atoms with Crippen molar-refractivity contribution in [3.8, 4) is 0 Å². The van der Waals surface area contributed by atoms with E-state index in [1.165, 1.54) is 24.0 Å². The molecule has 0 aromatic heterocycles. The van der Waals surface area contributed by atoms with Crippen molar-refractivity contribution in [1.29, 1.82) is 0 Å². The van der Waals surface area contributed by atoms with Crippen LogP contribution in [0.3, 0.4) is 0 Å². The average Bonchev–Trinajstić information content (AvgIpc) is 2.36. The second kappa shape index (κ2) is 6.48. The summed E-state index contributed by atoms with van der Waals surface area (Å²) in [6, 6.07) is 6.59. The lowest BCUT2D eigenvalue weighted by Crippen LogP contribution is -2.27. The Morgan fingerprint density at radius 3 is 2.81 bits per heavy atom. The Morgan fingerprint density at radius 2 is 2.14 bits per heavy atom. The molecule has 21 heavy (non-hydrogen) atoms. The Hall–Kier alpha value is -1.55. The molecule has 0 saturated carbocycles. The smallest absolute Gasteiger partial charge is 0.412 e. The molecule has 0 saturated heterocycles. The third-order valence-corrected chi connectivity index (χ3v) is 3.55. The molecule has 0 fully saturated rings. The Morgan fingerprint density at radius 1 is 1.38 bits per heavy atom. The zero-order valence-electron chi connectivity index (χ0n) is 13.5. The molecule has 2 rings (SSSR count). The lowest BCUT2D eigenvalue weighted by atomic mass is 9.87. The monoisotopic (exact) mass is 290 g/mol. The highest BCUT2D eigenvalue weighted by molar-refractivity contribution is 5.85. The van der Waals surface area contributed by atoms with Gasteiger partial charge in [-0.05, 0) is 69.8 Å². The first-order valence-corrected chi connectivity index (χ1v) is 7.75. The lowest BCUT2D eigenvalue weighted by Gasteiger charge is -2.27. The molecular weight excluding hydrogens is 264 g/mol. The van der Waals surface area contributed by atoms with Crippen LogP contribution in [0.15, 0.2) is 18.2 Å². The molecule has 116 valence electrons. The number of hydrogen-bond acceptors (Lipinski definition) is 3. The van der Waals surface area contributed by atoms with Crippen molar-refractivity contribution in [2.45, 2.75) is 58.6 Å². The molecule has 1 aliphatic rings. The van der Waals surface area contributed by atoms with Gasteiger partial charge in [-0.1, -0.05) is 13.0 Å². The summed E-state index contributed by atoms with van der Waals surface area (Å²) in [6.07, 6.45) is 3.03. The van der Waals surface area contributed by atoms with E-state index in [9.17, 15) is 4.79 Å². The fraction of sp³-hybridized carbons (Fsp3) is 0.588. The molecule has 0 radical (unpaired) electrons. The van der Waals surface area contributed by atoms with E-state index >= 15 is 0 Å². The van der Waals surface area contributed by atoms with Crippen LogP contribution in [0.25, 0.3) is 0 Å². The first-order chi connectivity index (χ1) is 9.89. The quantitative estimate of drug-likeness (QED) is 0.884. The Bertz CT molecular complexity index is 506. The third kappa shape index (κ3) is 4.46. The van der Waals surface area contributed by atoms with Gasteiger partial charge in [0.2, 0.25) is 0 Å². The average molecular weight is 290 g/mol. The summed E-state index contributed by atoms with van der Waals surface area (Å²) < 4.78 is 5.28. The second-order valence-electron chi connectivity index (χ2n) is 6.54. The van der Waals surface area contributed by atoms with Crippen LogP contribution in [0.4, 0.5) is 10.5 Å². The number of benzene rings is 1. The van der Waals surface area contributed by atoms with Gasteiger partial charge in [-0.3, -0.25) is 5.32 Å². The highest BCUT2D eigenvalue weighted by atomic mass is 16.6. The molecule has 0 spiro atoms. The van der Waals surface area contributed by atoms with Crippen LogP contribution in [0.5, 0.6) is 0 Å². The summed E-state index contributed by atoms with van der Waals surface area (Å²) >= 11 is 0. The number of carbonyl (C=O) groups excluding carboxylic acids is 1.